The number of rotatable bonds is 4. The molecule has 0 fully saturated rings. The number of nitrogens with two attached hydrogens (primary N) is 1. The normalized spacial score (nSPS) is 10.9. The van der Waals surface area contributed by atoms with Crippen LogP contribution in [0, 0.1) is 6.92 Å². The van der Waals surface area contributed by atoms with Crippen LogP contribution in [-0.4, -0.2) is 37.4 Å². The number of amides is 1. The van der Waals surface area contributed by atoms with E-state index >= 15 is 0 Å². The van der Waals surface area contributed by atoms with Gasteiger partial charge in [-0.3, -0.25) is 19.0 Å². The fourth-order valence-electron chi connectivity index (χ4n) is 2.94. The van der Waals surface area contributed by atoms with E-state index in [1.54, 1.807) is 30.6 Å². The highest BCUT2D eigenvalue weighted by atomic mass is 16.6. The van der Waals surface area contributed by atoms with E-state index in [1.165, 1.54) is 7.11 Å². The van der Waals surface area contributed by atoms with Crippen molar-refractivity contribution in [2.75, 3.05) is 12.8 Å². The van der Waals surface area contributed by atoms with Crippen molar-refractivity contribution in [2.24, 2.45) is 0 Å². The average molecular weight is 375 g/mol. The van der Waals surface area contributed by atoms with Crippen LogP contribution < -0.4 is 11.2 Å². The second-order valence-corrected chi connectivity index (χ2v) is 6.05. The molecule has 9 heteroatoms. The lowest BCUT2D eigenvalue weighted by Gasteiger charge is -2.06. The Morgan fingerprint density at radius 2 is 2.00 bits per heavy atom. The van der Waals surface area contributed by atoms with E-state index in [0.29, 0.717) is 34.0 Å². The number of carbonyl (C=O) groups is 1. The number of hydrogen-bond acceptors (Lipinski definition) is 7. The number of nitrogens with one attached hydrogen (secondary N) is 1. The molecular formula is C19H17N7O2. The molecule has 4 aromatic heterocycles. The van der Waals surface area contributed by atoms with Crippen molar-refractivity contribution < 1.29 is 9.63 Å². The predicted molar refractivity (Wildman–Crippen MR) is 103 cm³/mol. The van der Waals surface area contributed by atoms with Crippen molar-refractivity contribution in [3.05, 3.63) is 60.0 Å². The predicted octanol–water partition coefficient (Wildman–Crippen LogP) is 2.04. The Morgan fingerprint density at radius 3 is 2.75 bits per heavy atom. The standard InChI is InChI=1S/C19H17N7O2/c1-11-4-3-5-13(22-11)16-17(14-6-8-21-19(20)23-14)26-9-7-12(10-15(26)24-16)18(27)25-28-2/h3-10H,1-2H3,(H,25,27)(H2,20,21,23). The van der Waals surface area contributed by atoms with Crippen LogP contribution in [0.2, 0.25) is 0 Å². The van der Waals surface area contributed by atoms with Gasteiger partial charge in [0, 0.05) is 23.7 Å². The number of nitrogen functional groups attached to an aromatic ring is 1. The highest BCUT2D eigenvalue weighted by Gasteiger charge is 2.19. The van der Waals surface area contributed by atoms with E-state index in [-0.39, 0.29) is 11.9 Å². The zero-order valence-electron chi connectivity index (χ0n) is 15.2. The Balaban J connectivity index is 1.98. The molecule has 0 spiro atoms. The molecule has 140 valence electrons. The number of hydrogen-bond donors (Lipinski definition) is 2. The fraction of sp³-hybridized carbons (Fsp3) is 0.105. The summed E-state index contributed by atoms with van der Waals surface area (Å²) in [5.74, 6) is -0.206. The number of aromatic nitrogens is 5. The Bertz CT molecular complexity index is 1190. The van der Waals surface area contributed by atoms with Crippen molar-refractivity contribution in [3.63, 3.8) is 0 Å². The van der Waals surface area contributed by atoms with Gasteiger partial charge in [0.15, 0.2) is 0 Å². The molecule has 0 aliphatic rings. The van der Waals surface area contributed by atoms with Crippen molar-refractivity contribution in [1.82, 2.24) is 29.8 Å². The van der Waals surface area contributed by atoms with Gasteiger partial charge >= 0.3 is 0 Å². The molecule has 4 rings (SSSR count). The van der Waals surface area contributed by atoms with Gasteiger partial charge in [-0.1, -0.05) is 6.07 Å². The quantitative estimate of drug-likeness (QED) is 0.524. The highest BCUT2D eigenvalue weighted by molar-refractivity contribution is 5.94. The Kier molecular flexibility index (Phi) is 4.42. The van der Waals surface area contributed by atoms with E-state index in [1.807, 2.05) is 29.5 Å². The molecule has 3 N–H and O–H groups in total. The number of nitrogens with zero attached hydrogens (tertiary/aromatic N) is 5. The Morgan fingerprint density at radius 1 is 1.14 bits per heavy atom. The minimum absolute atomic E-state index is 0.159. The third-order valence-corrected chi connectivity index (χ3v) is 4.13. The van der Waals surface area contributed by atoms with E-state index in [0.717, 1.165) is 5.69 Å². The maximum atomic E-state index is 12.1. The first-order valence-corrected chi connectivity index (χ1v) is 8.45. The first-order valence-electron chi connectivity index (χ1n) is 8.45. The van der Waals surface area contributed by atoms with E-state index < -0.39 is 0 Å². The summed E-state index contributed by atoms with van der Waals surface area (Å²) in [4.78, 5) is 34.4. The number of hydroxylamine groups is 1. The van der Waals surface area contributed by atoms with Gasteiger partial charge < -0.3 is 5.73 Å². The second-order valence-electron chi connectivity index (χ2n) is 6.05. The topological polar surface area (TPSA) is 120 Å². The molecule has 28 heavy (non-hydrogen) atoms. The van der Waals surface area contributed by atoms with Crippen molar-refractivity contribution >= 4 is 17.5 Å². The smallest absolute Gasteiger partial charge is 0.275 e. The van der Waals surface area contributed by atoms with E-state index in [4.69, 9.17) is 15.6 Å². The van der Waals surface area contributed by atoms with Crippen LogP contribution in [0.1, 0.15) is 16.1 Å². The SMILES string of the molecule is CONC(=O)c1ccn2c(-c3ccnc(N)n3)c(-c3cccc(C)n3)nc2c1. The average Bonchev–Trinajstić information content (AvgIpc) is 3.07. The fourth-order valence-corrected chi connectivity index (χ4v) is 2.94. The molecule has 0 aliphatic carbocycles. The molecule has 4 heterocycles. The van der Waals surface area contributed by atoms with Crippen LogP contribution in [-0.2, 0) is 4.84 Å². The van der Waals surface area contributed by atoms with Crippen molar-refractivity contribution in [3.8, 4) is 22.8 Å². The summed E-state index contributed by atoms with van der Waals surface area (Å²) < 4.78 is 1.84. The minimum atomic E-state index is -0.365. The van der Waals surface area contributed by atoms with Gasteiger partial charge in [-0.2, -0.15) is 0 Å². The lowest BCUT2D eigenvalue weighted by Crippen LogP contribution is -2.21. The number of imidazole rings is 1. The number of aryl methyl sites for hydroxylation is 1. The van der Waals surface area contributed by atoms with E-state index in [2.05, 4.69) is 20.4 Å². The molecule has 0 saturated heterocycles. The molecule has 0 radical (unpaired) electrons. The molecule has 0 bridgehead atoms. The zero-order valence-corrected chi connectivity index (χ0v) is 15.2. The first-order chi connectivity index (χ1) is 13.6. The largest absolute Gasteiger partial charge is 0.368 e. The molecule has 9 nitrogen and oxygen atoms in total. The lowest BCUT2D eigenvalue weighted by atomic mass is 10.1. The Hall–Kier alpha value is -3.85. The molecule has 1 amide bonds. The number of anilines is 1. The van der Waals surface area contributed by atoms with Crippen LogP contribution in [0.3, 0.4) is 0 Å². The third kappa shape index (κ3) is 3.14. The van der Waals surface area contributed by atoms with Gasteiger partial charge in [-0.05, 0) is 37.3 Å². The first kappa shape index (κ1) is 17.6. The van der Waals surface area contributed by atoms with Crippen LogP contribution in [0.25, 0.3) is 28.4 Å². The summed E-state index contributed by atoms with van der Waals surface area (Å²) in [6.45, 7) is 1.91. The lowest BCUT2D eigenvalue weighted by molar-refractivity contribution is 0.0537. The number of fused-ring (bicyclic) bond motifs is 1. The highest BCUT2D eigenvalue weighted by Crippen LogP contribution is 2.31. The summed E-state index contributed by atoms with van der Waals surface area (Å²) in [5.41, 5.74) is 12.6. The summed E-state index contributed by atoms with van der Waals surface area (Å²) >= 11 is 0. The Labute approximate surface area is 160 Å². The van der Waals surface area contributed by atoms with Crippen LogP contribution >= 0.6 is 0 Å². The van der Waals surface area contributed by atoms with Gasteiger partial charge in [0.25, 0.3) is 5.91 Å². The molecule has 0 unspecified atom stereocenters. The number of carbonyl (C=O) groups excluding carboxylic acids is 1. The molecular weight excluding hydrogens is 358 g/mol. The molecule has 0 aromatic carbocycles. The van der Waals surface area contributed by atoms with Gasteiger partial charge in [-0.25, -0.2) is 20.4 Å². The van der Waals surface area contributed by atoms with Crippen LogP contribution in [0.5, 0.6) is 0 Å². The molecule has 4 aromatic rings. The van der Waals surface area contributed by atoms with Crippen molar-refractivity contribution in [1.29, 1.82) is 0 Å². The molecule has 0 aliphatic heterocycles. The summed E-state index contributed by atoms with van der Waals surface area (Å²) in [6, 6.07) is 10.8. The van der Waals surface area contributed by atoms with Gasteiger partial charge in [0.1, 0.15) is 17.0 Å². The van der Waals surface area contributed by atoms with Gasteiger partial charge in [-0.15, -0.1) is 0 Å². The van der Waals surface area contributed by atoms with Gasteiger partial charge in [0.05, 0.1) is 18.5 Å². The summed E-state index contributed by atoms with van der Waals surface area (Å²) in [5, 5.41) is 0. The number of pyridine rings is 2. The second kappa shape index (κ2) is 7.05. The molecule has 0 saturated carbocycles. The maximum Gasteiger partial charge on any atom is 0.275 e. The van der Waals surface area contributed by atoms with Crippen LogP contribution in [0.15, 0.2) is 48.8 Å². The summed E-state index contributed by atoms with van der Waals surface area (Å²) in [7, 11) is 1.38. The summed E-state index contributed by atoms with van der Waals surface area (Å²) in [6.07, 6.45) is 3.34. The maximum absolute atomic E-state index is 12.1. The van der Waals surface area contributed by atoms with Crippen LogP contribution in [0.4, 0.5) is 5.95 Å². The zero-order chi connectivity index (χ0) is 19.7. The van der Waals surface area contributed by atoms with Gasteiger partial charge in [0.2, 0.25) is 5.95 Å². The van der Waals surface area contributed by atoms with E-state index in [9.17, 15) is 4.79 Å². The minimum Gasteiger partial charge on any atom is -0.368 e. The monoisotopic (exact) mass is 375 g/mol. The van der Waals surface area contributed by atoms with Crippen molar-refractivity contribution in [2.45, 2.75) is 6.92 Å². The molecule has 0 atom stereocenters. The third-order valence-electron chi connectivity index (χ3n) is 4.13.